The van der Waals surface area contributed by atoms with Crippen LogP contribution in [0.4, 0.5) is 0 Å². The van der Waals surface area contributed by atoms with Crippen LogP contribution in [0.1, 0.15) is 38.3 Å². The molecule has 1 aliphatic heterocycles. The number of hydrogen-bond acceptors (Lipinski definition) is 4. The maximum atomic E-state index is 12.1. The van der Waals surface area contributed by atoms with Crippen LogP contribution in [0.5, 0.6) is 0 Å². The Morgan fingerprint density at radius 2 is 2.00 bits per heavy atom. The first-order valence-electron chi connectivity index (χ1n) is 6.28. The molecule has 1 aromatic heterocycles. The normalized spacial score (nSPS) is 16.8. The van der Waals surface area contributed by atoms with Crippen LogP contribution in [0.25, 0.3) is 0 Å². The first-order chi connectivity index (χ1) is 8.54. The summed E-state index contributed by atoms with van der Waals surface area (Å²) in [6, 6.07) is 0. The van der Waals surface area contributed by atoms with E-state index in [0.29, 0.717) is 12.5 Å². The minimum absolute atomic E-state index is 0.0176. The van der Waals surface area contributed by atoms with E-state index in [1.807, 2.05) is 18.1 Å². The average Bonchev–Trinajstić information content (AvgIpc) is 2.79. The van der Waals surface area contributed by atoms with Crippen molar-refractivity contribution in [1.29, 1.82) is 0 Å². The second-order valence-electron chi connectivity index (χ2n) is 4.92. The van der Waals surface area contributed by atoms with Gasteiger partial charge < -0.3 is 9.47 Å². The van der Waals surface area contributed by atoms with Gasteiger partial charge in [0.25, 0.3) is 0 Å². The first-order valence-corrected chi connectivity index (χ1v) is 7.57. The van der Waals surface area contributed by atoms with E-state index in [2.05, 4.69) is 28.6 Å². The van der Waals surface area contributed by atoms with Gasteiger partial charge >= 0.3 is 0 Å². The van der Waals surface area contributed by atoms with E-state index >= 15 is 0 Å². The Morgan fingerprint density at radius 1 is 1.28 bits per heavy atom. The molecule has 5 nitrogen and oxygen atoms in total. The lowest BCUT2D eigenvalue weighted by molar-refractivity contribution is -0.131. The van der Waals surface area contributed by atoms with Crippen LogP contribution in [0.2, 0.25) is 0 Å². The molecule has 18 heavy (non-hydrogen) atoms. The van der Waals surface area contributed by atoms with Crippen LogP contribution in [-0.2, 0) is 17.9 Å². The fraction of sp³-hybridized carbons (Fsp3) is 0.750. The number of carbonyl (C=O) groups is 1. The summed E-state index contributed by atoms with van der Waals surface area (Å²) in [6.45, 7) is 8.34. The highest BCUT2D eigenvalue weighted by Gasteiger charge is 2.27. The molecule has 1 atom stereocenters. The van der Waals surface area contributed by atoms with Crippen molar-refractivity contribution in [2.75, 3.05) is 12.8 Å². The van der Waals surface area contributed by atoms with E-state index in [4.69, 9.17) is 0 Å². The molecule has 1 amide bonds. The van der Waals surface area contributed by atoms with Gasteiger partial charge in [-0.1, -0.05) is 13.8 Å². The van der Waals surface area contributed by atoms with Gasteiger partial charge in [-0.15, -0.1) is 10.2 Å². The van der Waals surface area contributed by atoms with Crippen LogP contribution in [0.15, 0.2) is 0 Å². The lowest BCUT2D eigenvalue weighted by atomic mass is 10.2. The summed E-state index contributed by atoms with van der Waals surface area (Å²) in [5, 5.41) is 8.45. The lowest BCUT2D eigenvalue weighted by Crippen LogP contribution is -2.42. The monoisotopic (exact) mass is 268 g/mol. The number of amides is 1. The van der Waals surface area contributed by atoms with Crippen molar-refractivity contribution in [1.82, 2.24) is 19.7 Å². The molecule has 2 rings (SSSR count). The number of fused-ring (bicyclic) bond motifs is 1. The molecule has 0 fully saturated rings. The van der Waals surface area contributed by atoms with Crippen molar-refractivity contribution in [2.45, 2.75) is 45.0 Å². The zero-order chi connectivity index (χ0) is 13.3. The highest BCUT2D eigenvalue weighted by atomic mass is 32.2. The van der Waals surface area contributed by atoms with Crippen LogP contribution >= 0.6 is 11.8 Å². The molecule has 0 N–H and O–H groups in total. The molecule has 1 aliphatic rings. The van der Waals surface area contributed by atoms with Gasteiger partial charge in [0.05, 0.1) is 11.8 Å². The third kappa shape index (κ3) is 2.39. The highest BCUT2D eigenvalue weighted by molar-refractivity contribution is 7.99. The largest absolute Gasteiger partial charge is 0.332 e. The second-order valence-corrected chi connectivity index (χ2v) is 6.10. The van der Waals surface area contributed by atoms with Gasteiger partial charge in [0.2, 0.25) is 5.91 Å². The summed E-state index contributed by atoms with van der Waals surface area (Å²) in [5.41, 5.74) is 0. The topological polar surface area (TPSA) is 51.0 Å². The zero-order valence-electron chi connectivity index (χ0n) is 11.4. The molecule has 0 saturated carbocycles. The van der Waals surface area contributed by atoms with E-state index in [-0.39, 0.29) is 11.2 Å². The maximum Gasteiger partial charge on any atom is 0.235 e. The van der Waals surface area contributed by atoms with Crippen LogP contribution < -0.4 is 0 Å². The predicted octanol–water partition coefficient (Wildman–Crippen LogP) is 1.50. The Balaban J connectivity index is 2.14. The number of nitrogens with zero attached hydrogens (tertiary/aromatic N) is 4. The molecule has 100 valence electrons. The summed E-state index contributed by atoms with van der Waals surface area (Å²) >= 11 is 1.58. The van der Waals surface area contributed by atoms with Gasteiger partial charge in [-0.05, 0) is 13.2 Å². The first kappa shape index (κ1) is 13.4. The number of thioether (sulfide) groups is 1. The summed E-state index contributed by atoms with van der Waals surface area (Å²) in [5.74, 6) is 2.50. The fourth-order valence-electron chi connectivity index (χ4n) is 2.15. The molecule has 0 saturated heterocycles. The standard InChI is InChI=1S/C12H20N4OS/c1-8(2)11-14-13-10-7-15(5-6-16(10)11)12(17)9(3)18-4/h8-9H,5-7H2,1-4H3/t9-/m0/s1. The average molecular weight is 268 g/mol. The van der Waals surface area contributed by atoms with Crippen molar-refractivity contribution < 1.29 is 4.79 Å². The molecule has 1 aromatic rings. The summed E-state index contributed by atoms with van der Waals surface area (Å²) < 4.78 is 2.15. The van der Waals surface area contributed by atoms with E-state index < -0.39 is 0 Å². The Hall–Kier alpha value is -1.04. The van der Waals surface area contributed by atoms with Crippen molar-refractivity contribution in [2.24, 2.45) is 0 Å². The second kappa shape index (κ2) is 5.30. The van der Waals surface area contributed by atoms with Gasteiger partial charge in [0, 0.05) is 19.0 Å². The van der Waals surface area contributed by atoms with E-state index in [1.54, 1.807) is 11.8 Å². The molecule has 0 aromatic carbocycles. The predicted molar refractivity (Wildman–Crippen MR) is 72.5 cm³/mol. The quantitative estimate of drug-likeness (QED) is 0.833. The van der Waals surface area contributed by atoms with Crippen molar-refractivity contribution >= 4 is 17.7 Å². The number of hydrogen-bond donors (Lipinski definition) is 0. The van der Waals surface area contributed by atoms with E-state index in [0.717, 1.165) is 24.7 Å². The SMILES string of the molecule is CS[C@@H](C)C(=O)N1CCn2c(nnc2C(C)C)C1. The highest BCUT2D eigenvalue weighted by Crippen LogP contribution is 2.20. The van der Waals surface area contributed by atoms with Crippen LogP contribution in [0.3, 0.4) is 0 Å². The number of carbonyl (C=O) groups excluding carboxylic acids is 1. The lowest BCUT2D eigenvalue weighted by Gasteiger charge is -2.29. The molecule has 2 heterocycles. The third-order valence-electron chi connectivity index (χ3n) is 3.31. The van der Waals surface area contributed by atoms with Gasteiger partial charge in [-0.25, -0.2) is 0 Å². The molecule has 6 heteroatoms. The third-order valence-corrected chi connectivity index (χ3v) is 4.22. The van der Waals surface area contributed by atoms with Crippen LogP contribution in [-0.4, -0.2) is 43.6 Å². The fourth-order valence-corrected chi connectivity index (χ4v) is 2.50. The zero-order valence-corrected chi connectivity index (χ0v) is 12.2. The van der Waals surface area contributed by atoms with E-state index in [9.17, 15) is 4.79 Å². The molecular weight excluding hydrogens is 248 g/mol. The summed E-state index contributed by atoms with van der Waals surface area (Å²) in [4.78, 5) is 14.0. The minimum atomic E-state index is 0.0176. The smallest absolute Gasteiger partial charge is 0.235 e. The Labute approximate surface area is 112 Å². The molecule has 0 spiro atoms. The molecule has 0 radical (unpaired) electrons. The maximum absolute atomic E-state index is 12.1. The number of rotatable bonds is 3. The summed E-state index contributed by atoms with van der Waals surface area (Å²) in [6.07, 6.45) is 1.96. The van der Waals surface area contributed by atoms with Crippen LogP contribution in [0, 0.1) is 0 Å². The Bertz CT molecular complexity index is 443. The van der Waals surface area contributed by atoms with Gasteiger partial charge in [-0.2, -0.15) is 11.8 Å². The van der Waals surface area contributed by atoms with Crippen molar-refractivity contribution in [3.8, 4) is 0 Å². The minimum Gasteiger partial charge on any atom is -0.332 e. The van der Waals surface area contributed by atoms with Gasteiger partial charge in [0.1, 0.15) is 5.82 Å². The summed E-state index contributed by atoms with van der Waals surface area (Å²) in [7, 11) is 0. The van der Waals surface area contributed by atoms with E-state index in [1.165, 1.54) is 0 Å². The molecule has 0 unspecified atom stereocenters. The van der Waals surface area contributed by atoms with Gasteiger partial charge in [0.15, 0.2) is 5.82 Å². The molecule has 0 aliphatic carbocycles. The molecule has 0 bridgehead atoms. The number of aromatic nitrogens is 3. The Morgan fingerprint density at radius 3 is 2.61 bits per heavy atom. The van der Waals surface area contributed by atoms with Gasteiger partial charge in [-0.3, -0.25) is 4.79 Å². The van der Waals surface area contributed by atoms with Crippen molar-refractivity contribution in [3.63, 3.8) is 0 Å². The Kier molecular flexibility index (Phi) is 3.94. The van der Waals surface area contributed by atoms with Crippen molar-refractivity contribution in [3.05, 3.63) is 11.6 Å². The molecular formula is C12H20N4OS.